The first-order valence-corrected chi connectivity index (χ1v) is 5.45. The molecule has 0 aromatic carbocycles. The molecule has 2 N–H and O–H groups in total. The van der Waals surface area contributed by atoms with Gasteiger partial charge in [-0.2, -0.15) is 0 Å². The van der Waals surface area contributed by atoms with Crippen molar-refractivity contribution in [2.75, 3.05) is 0 Å². The lowest BCUT2D eigenvalue weighted by molar-refractivity contribution is 0.146. The third-order valence-electron chi connectivity index (χ3n) is 2.84. The number of nitrogens with one attached hydrogen (secondary N) is 1. The first-order valence-electron chi connectivity index (χ1n) is 5.07. The number of hydrogen-bond acceptors (Lipinski definition) is 3. The van der Waals surface area contributed by atoms with Crippen molar-refractivity contribution in [3.05, 3.63) is 35.5 Å². The van der Waals surface area contributed by atoms with Crippen molar-refractivity contribution in [1.82, 2.24) is 15.0 Å². The molecule has 2 aromatic rings. The molecule has 0 saturated heterocycles. The summed E-state index contributed by atoms with van der Waals surface area (Å²) < 4.78 is 0. The standard InChI is InChI=1S/C11H10ClN3O/c12-9-7(8-5-13-6-15-8)1-4-14-10(9)11(16)2-3-11/h1,4-6,16H,2-3H2,(H,13,15). The molecule has 0 radical (unpaired) electrons. The molecule has 4 nitrogen and oxygen atoms in total. The SMILES string of the molecule is OC1(c2nccc(-c3cnc[nH]3)c2Cl)CC1. The molecule has 2 heterocycles. The Labute approximate surface area is 97.3 Å². The molecule has 2 aromatic heterocycles. The number of aromatic amines is 1. The molecule has 1 fully saturated rings. The van der Waals surface area contributed by atoms with Crippen LogP contribution in [0.2, 0.25) is 5.02 Å². The van der Waals surface area contributed by atoms with Gasteiger partial charge in [0, 0.05) is 11.8 Å². The van der Waals surface area contributed by atoms with E-state index in [9.17, 15) is 5.11 Å². The monoisotopic (exact) mass is 235 g/mol. The van der Waals surface area contributed by atoms with Crippen molar-refractivity contribution in [2.45, 2.75) is 18.4 Å². The molecule has 16 heavy (non-hydrogen) atoms. The summed E-state index contributed by atoms with van der Waals surface area (Å²) in [6.45, 7) is 0. The summed E-state index contributed by atoms with van der Waals surface area (Å²) in [6.07, 6.45) is 6.41. The average molecular weight is 236 g/mol. The molecular weight excluding hydrogens is 226 g/mol. The zero-order chi connectivity index (χ0) is 11.2. The van der Waals surface area contributed by atoms with Crippen LogP contribution in [0, 0.1) is 0 Å². The van der Waals surface area contributed by atoms with E-state index in [4.69, 9.17) is 11.6 Å². The number of aliphatic hydroxyl groups is 1. The second kappa shape index (κ2) is 3.30. The highest BCUT2D eigenvalue weighted by Crippen LogP contribution is 2.48. The zero-order valence-corrected chi connectivity index (χ0v) is 9.20. The topological polar surface area (TPSA) is 61.8 Å². The van der Waals surface area contributed by atoms with E-state index in [0.29, 0.717) is 10.7 Å². The maximum atomic E-state index is 10.0. The highest BCUT2D eigenvalue weighted by Gasteiger charge is 2.45. The third kappa shape index (κ3) is 1.42. The fraction of sp³-hybridized carbons (Fsp3) is 0.273. The van der Waals surface area contributed by atoms with Gasteiger partial charge >= 0.3 is 0 Å². The van der Waals surface area contributed by atoms with Crippen LogP contribution >= 0.6 is 11.6 Å². The van der Waals surface area contributed by atoms with Crippen molar-refractivity contribution in [2.24, 2.45) is 0 Å². The summed E-state index contributed by atoms with van der Waals surface area (Å²) in [7, 11) is 0. The summed E-state index contributed by atoms with van der Waals surface area (Å²) >= 11 is 6.25. The van der Waals surface area contributed by atoms with E-state index in [-0.39, 0.29) is 0 Å². The van der Waals surface area contributed by atoms with Gasteiger partial charge in [-0.05, 0) is 18.9 Å². The van der Waals surface area contributed by atoms with E-state index in [2.05, 4.69) is 15.0 Å². The molecule has 0 bridgehead atoms. The predicted molar refractivity (Wildman–Crippen MR) is 60.0 cm³/mol. The van der Waals surface area contributed by atoms with Gasteiger partial charge in [-0.15, -0.1) is 0 Å². The van der Waals surface area contributed by atoms with Crippen molar-refractivity contribution in [1.29, 1.82) is 0 Å². The number of nitrogens with zero attached hydrogens (tertiary/aromatic N) is 2. The molecule has 0 amide bonds. The Morgan fingerprint density at radius 1 is 1.44 bits per heavy atom. The van der Waals surface area contributed by atoms with Crippen LogP contribution < -0.4 is 0 Å². The molecular formula is C11H10ClN3O. The van der Waals surface area contributed by atoms with Crippen LogP contribution in [0.5, 0.6) is 0 Å². The van der Waals surface area contributed by atoms with E-state index >= 15 is 0 Å². The summed E-state index contributed by atoms with van der Waals surface area (Å²) in [6, 6.07) is 1.81. The Morgan fingerprint density at radius 2 is 2.25 bits per heavy atom. The molecule has 0 unspecified atom stereocenters. The normalized spacial score (nSPS) is 17.4. The van der Waals surface area contributed by atoms with Gasteiger partial charge in [0.2, 0.25) is 0 Å². The molecule has 1 saturated carbocycles. The Balaban J connectivity index is 2.14. The van der Waals surface area contributed by atoms with Crippen LogP contribution in [0.1, 0.15) is 18.5 Å². The highest BCUT2D eigenvalue weighted by atomic mass is 35.5. The van der Waals surface area contributed by atoms with E-state index in [0.717, 1.165) is 24.1 Å². The number of aromatic nitrogens is 3. The van der Waals surface area contributed by atoms with E-state index in [1.807, 2.05) is 6.07 Å². The van der Waals surface area contributed by atoms with E-state index in [1.54, 1.807) is 18.7 Å². The van der Waals surface area contributed by atoms with Gasteiger partial charge in [0.25, 0.3) is 0 Å². The molecule has 1 aliphatic rings. The van der Waals surface area contributed by atoms with Crippen molar-refractivity contribution in [3.63, 3.8) is 0 Å². The predicted octanol–water partition coefficient (Wildman–Crippen LogP) is 2.11. The molecule has 3 rings (SSSR count). The number of hydrogen-bond donors (Lipinski definition) is 2. The molecule has 1 aliphatic carbocycles. The maximum Gasteiger partial charge on any atom is 0.108 e. The van der Waals surface area contributed by atoms with Crippen LogP contribution in [0.3, 0.4) is 0 Å². The van der Waals surface area contributed by atoms with Gasteiger partial charge in [-0.25, -0.2) is 4.98 Å². The number of pyridine rings is 1. The van der Waals surface area contributed by atoms with Crippen LogP contribution in [-0.4, -0.2) is 20.1 Å². The van der Waals surface area contributed by atoms with E-state index in [1.165, 1.54) is 0 Å². The summed E-state index contributed by atoms with van der Waals surface area (Å²) in [5.41, 5.74) is 1.41. The second-order valence-corrected chi connectivity index (χ2v) is 4.40. The average Bonchev–Trinajstić information content (AvgIpc) is 2.83. The van der Waals surface area contributed by atoms with Crippen LogP contribution in [0.4, 0.5) is 0 Å². The number of rotatable bonds is 2. The minimum Gasteiger partial charge on any atom is -0.383 e. The lowest BCUT2D eigenvalue weighted by Gasteiger charge is -2.11. The Hall–Kier alpha value is -1.39. The maximum absolute atomic E-state index is 10.0. The summed E-state index contributed by atoms with van der Waals surface area (Å²) in [5.74, 6) is 0. The van der Waals surface area contributed by atoms with Gasteiger partial charge in [0.1, 0.15) is 5.60 Å². The van der Waals surface area contributed by atoms with Gasteiger partial charge < -0.3 is 10.1 Å². The van der Waals surface area contributed by atoms with Crippen LogP contribution in [-0.2, 0) is 5.60 Å². The summed E-state index contributed by atoms with van der Waals surface area (Å²) in [5, 5.41) is 10.5. The van der Waals surface area contributed by atoms with E-state index < -0.39 is 5.60 Å². The smallest absolute Gasteiger partial charge is 0.108 e. The molecule has 0 spiro atoms. The fourth-order valence-corrected chi connectivity index (χ4v) is 2.12. The first kappa shape index (κ1) is 9.81. The zero-order valence-electron chi connectivity index (χ0n) is 8.44. The van der Waals surface area contributed by atoms with Crippen molar-refractivity contribution < 1.29 is 5.11 Å². The lowest BCUT2D eigenvalue weighted by atomic mass is 10.1. The number of halogens is 1. The number of imidazole rings is 1. The minimum atomic E-state index is -0.812. The summed E-state index contributed by atoms with van der Waals surface area (Å²) in [4.78, 5) is 11.1. The van der Waals surface area contributed by atoms with Gasteiger partial charge in [-0.1, -0.05) is 11.6 Å². The largest absolute Gasteiger partial charge is 0.383 e. The quantitative estimate of drug-likeness (QED) is 0.838. The molecule has 82 valence electrons. The van der Waals surface area contributed by atoms with Crippen molar-refractivity contribution in [3.8, 4) is 11.3 Å². The fourth-order valence-electron chi connectivity index (χ4n) is 1.73. The molecule has 0 aliphatic heterocycles. The first-order chi connectivity index (χ1) is 7.71. The van der Waals surface area contributed by atoms with Crippen molar-refractivity contribution >= 4 is 11.6 Å². The minimum absolute atomic E-state index is 0.506. The van der Waals surface area contributed by atoms with Crippen LogP contribution in [0.25, 0.3) is 11.3 Å². The highest BCUT2D eigenvalue weighted by molar-refractivity contribution is 6.34. The lowest BCUT2D eigenvalue weighted by Crippen LogP contribution is -2.08. The Morgan fingerprint density at radius 3 is 2.88 bits per heavy atom. The third-order valence-corrected chi connectivity index (χ3v) is 3.22. The number of H-pyrrole nitrogens is 1. The molecule has 0 atom stereocenters. The second-order valence-electron chi connectivity index (χ2n) is 4.02. The Bertz CT molecular complexity index is 520. The Kier molecular flexibility index (Phi) is 2.02. The van der Waals surface area contributed by atoms with Gasteiger partial charge in [-0.3, -0.25) is 4.98 Å². The van der Waals surface area contributed by atoms with Gasteiger partial charge in [0.15, 0.2) is 0 Å². The van der Waals surface area contributed by atoms with Crippen LogP contribution in [0.15, 0.2) is 24.8 Å². The molecule has 5 heteroatoms. The van der Waals surface area contributed by atoms with Gasteiger partial charge in [0.05, 0.1) is 28.9 Å².